The first-order valence-electron chi connectivity index (χ1n) is 5.40. The second kappa shape index (κ2) is 6.74. The van der Waals surface area contributed by atoms with Gasteiger partial charge in [-0.05, 0) is 28.8 Å². The van der Waals surface area contributed by atoms with Crippen LogP contribution in [0.4, 0.5) is 4.79 Å². The number of carbonyl (C=O) groups excluding carboxylic acids is 1. The fraction of sp³-hybridized carbons (Fsp3) is 0.364. The summed E-state index contributed by atoms with van der Waals surface area (Å²) in [6, 6.07) is -2.15. The minimum atomic E-state index is -1.44. The van der Waals surface area contributed by atoms with Gasteiger partial charge in [0.05, 0.1) is 6.42 Å². The Bertz CT molecular complexity index is 485. The maximum atomic E-state index is 11.5. The van der Waals surface area contributed by atoms with Crippen LogP contribution in [0, 0.1) is 6.92 Å². The average Bonchev–Trinajstić information content (AvgIpc) is 2.70. The van der Waals surface area contributed by atoms with Crippen molar-refractivity contribution in [2.75, 3.05) is 0 Å². The van der Waals surface area contributed by atoms with Crippen LogP contribution < -0.4 is 10.6 Å². The van der Waals surface area contributed by atoms with E-state index in [1.54, 1.807) is 0 Å². The highest BCUT2D eigenvalue weighted by molar-refractivity contribution is 7.08. The molecular weight excluding hydrogens is 272 g/mol. The lowest BCUT2D eigenvalue weighted by Gasteiger charge is -2.13. The minimum Gasteiger partial charge on any atom is -0.481 e. The Balaban J connectivity index is 2.47. The fourth-order valence-electron chi connectivity index (χ4n) is 1.33. The topological polar surface area (TPSA) is 116 Å². The second-order valence-corrected chi connectivity index (χ2v) is 4.64. The third-order valence-electron chi connectivity index (χ3n) is 2.38. The molecule has 0 fully saturated rings. The zero-order valence-corrected chi connectivity index (χ0v) is 11.0. The lowest BCUT2D eigenvalue weighted by molar-refractivity contribution is -0.145. The van der Waals surface area contributed by atoms with Crippen molar-refractivity contribution >= 4 is 29.3 Å². The predicted octanol–water partition coefficient (Wildman–Crippen LogP) is 0.784. The van der Waals surface area contributed by atoms with Gasteiger partial charge in [-0.2, -0.15) is 11.3 Å². The number of thiophene rings is 1. The molecule has 104 valence electrons. The summed E-state index contributed by atoms with van der Waals surface area (Å²) in [5, 5.41) is 25.7. The van der Waals surface area contributed by atoms with Gasteiger partial charge in [0.2, 0.25) is 0 Å². The highest BCUT2D eigenvalue weighted by Gasteiger charge is 2.22. The van der Waals surface area contributed by atoms with E-state index in [1.165, 1.54) is 11.3 Å². The molecule has 0 saturated carbocycles. The average molecular weight is 286 g/mol. The summed E-state index contributed by atoms with van der Waals surface area (Å²) < 4.78 is 0. The molecule has 1 atom stereocenters. The van der Waals surface area contributed by atoms with Gasteiger partial charge in [-0.25, -0.2) is 9.59 Å². The van der Waals surface area contributed by atoms with Crippen LogP contribution in [0.1, 0.15) is 17.5 Å². The Morgan fingerprint density at radius 3 is 2.47 bits per heavy atom. The number of carboxylic acid groups (broad SMARTS) is 2. The number of urea groups is 1. The molecule has 0 saturated heterocycles. The molecule has 0 aromatic carbocycles. The first-order chi connectivity index (χ1) is 8.90. The van der Waals surface area contributed by atoms with E-state index < -0.39 is 30.4 Å². The van der Waals surface area contributed by atoms with Gasteiger partial charge in [0.25, 0.3) is 0 Å². The lowest BCUT2D eigenvalue weighted by atomic mass is 10.2. The summed E-state index contributed by atoms with van der Waals surface area (Å²) in [6.07, 6.45) is -0.666. The molecule has 0 bridgehead atoms. The molecular formula is C11H14N2O5S. The van der Waals surface area contributed by atoms with E-state index in [2.05, 4.69) is 10.6 Å². The van der Waals surface area contributed by atoms with Gasteiger partial charge in [0.1, 0.15) is 6.04 Å². The molecule has 0 radical (unpaired) electrons. The van der Waals surface area contributed by atoms with Gasteiger partial charge in [-0.15, -0.1) is 0 Å². The zero-order valence-electron chi connectivity index (χ0n) is 10.2. The molecule has 19 heavy (non-hydrogen) atoms. The number of hydrogen-bond acceptors (Lipinski definition) is 4. The van der Waals surface area contributed by atoms with Gasteiger partial charge in [-0.3, -0.25) is 4.79 Å². The standard InChI is InChI=1S/C11H14N2O5S/c1-6-4-19-5-7(6)3-12-11(18)13-8(10(16)17)2-9(14)15/h4-5,8H,2-3H2,1H3,(H,14,15)(H,16,17)(H2,12,13,18). The van der Waals surface area contributed by atoms with Crippen LogP contribution in [0.2, 0.25) is 0 Å². The summed E-state index contributed by atoms with van der Waals surface area (Å²) in [7, 11) is 0. The van der Waals surface area contributed by atoms with Crippen molar-refractivity contribution in [1.29, 1.82) is 0 Å². The van der Waals surface area contributed by atoms with Crippen LogP contribution in [0.5, 0.6) is 0 Å². The number of aryl methyl sites for hydroxylation is 1. The van der Waals surface area contributed by atoms with Crippen LogP contribution in [-0.2, 0) is 16.1 Å². The molecule has 0 aliphatic rings. The smallest absolute Gasteiger partial charge is 0.326 e. The molecule has 0 aliphatic heterocycles. The molecule has 1 rings (SSSR count). The molecule has 1 aromatic rings. The first kappa shape index (κ1) is 15.0. The first-order valence-corrected chi connectivity index (χ1v) is 6.35. The number of aliphatic carboxylic acids is 2. The van der Waals surface area contributed by atoms with Gasteiger partial charge < -0.3 is 20.8 Å². The van der Waals surface area contributed by atoms with Crippen molar-refractivity contribution in [1.82, 2.24) is 10.6 Å². The number of carbonyl (C=O) groups is 3. The van der Waals surface area contributed by atoms with Crippen molar-refractivity contribution in [2.24, 2.45) is 0 Å². The molecule has 7 nitrogen and oxygen atoms in total. The van der Waals surface area contributed by atoms with E-state index in [0.717, 1.165) is 11.1 Å². The van der Waals surface area contributed by atoms with Crippen LogP contribution in [-0.4, -0.2) is 34.2 Å². The summed E-state index contributed by atoms with van der Waals surface area (Å²) in [5.41, 5.74) is 1.97. The fourth-order valence-corrected chi connectivity index (χ4v) is 2.18. The quantitative estimate of drug-likeness (QED) is 0.617. The van der Waals surface area contributed by atoms with E-state index in [0.29, 0.717) is 0 Å². The van der Waals surface area contributed by atoms with E-state index in [1.807, 2.05) is 17.7 Å². The summed E-state index contributed by atoms with van der Waals surface area (Å²) >= 11 is 1.50. The molecule has 2 amide bonds. The maximum absolute atomic E-state index is 11.5. The number of amides is 2. The van der Waals surface area contributed by atoms with E-state index in [9.17, 15) is 14.4 Å². The zero-order chi connectivity index (χ0) is 14.4. The number of carboxylic acids is 2. The molecule has 4 N–H and O–H groups in total. The Kier molecular flexibility index (Phi) is 5.31. The molecule has 0 aliphatic carbocycles. The minimum absolute atomic E-state index is 0.264. The normalized spacial score (nSPS) is 11.6. The Morgan fingerprint density at radius 2 is 2.00 bits per heavy atom. The third-order valence-corrected chi connectivity index (χ3v) is 3.29. The largest absolute Gasteiger partial charge is 0.481 e. The van der Waals surface area contributed by atoms with Gasteiger partial charge in [0, 0.05) is 6.54 Å². The van der Waals surface area contributed by atoms with Crippen LogP contribution in [0.3, 0.4) is 0 Å². The second-order valence-electron chi connectivity index (χ2n) is 3.90. The van der Waals surface area contributed by atoms with Gasteiger partial charge in [-0.1, -0.05) is 0 Å². The van der Waals surface area contributed by atoms with E-state index in [-0.39, 0.29) is 6.54 Å². The molecule has 8 heteroatoms. The molecule has 0 spiro atoms. The Hall–Kier alpha value is -2.09. The Morgan fingerprint density at radius 1 is 1.32 bits per heavy atom. The van der Waals surface area contributed by atoms with Crippen molar-refractivity contribution in [3.63, 3.8) is 0 Å². The van der Waals surface area contributed by atoms with Crippen LogP contribution in [0.25, 0.3) is 0 Å². The molecule has 1 heterocycles. The van der Waals surface area contributed by atoms with Crippen molar-refractivity contribution in [3.8, 4) is 0 Å². The number of rotatable bonds is 6. The third kappa shape index (κ3) is 4.96. The number of nitrogens with one attached hydrogen (secondary N) is 2. The van der Waals surface area contributed by atoms with Crippen LogP contribution >= 0.6 is 11.3 Å². The van der Waals surface area contributed by atoms with Crippen LogP contribution in [0.15, 0.2) is 10.8 Å². The van der Waals surface area contributed by atoms with Crippen molar-refractivity contribution < 1.29 is 24.6 Å². The van der Waals surface area contributed by atoms with Crippen molar-refractivity contribution in [3.05, 3.63) is 21.9 Å². The van der Waals surface area contributed by atoms with E-state index >= 15 is 0 Å². The lowest BCUT2D eigenvalue weighted by Crippen LogP contribution is -2.46. The summed E-state index contributed by atoms with van der Waals surface area (Å²) in [6.45, 7) is 2.16. The highest BCUT2D eigenvalue weighted by atomic mass is 32.1. The maximum Gasteiger partial charge on any atom is 0.326 e. The SMILES string of the molecule is Cc1cscc1CNC(=O)NC(CC(=O)O)C(=O)O. The number of hydrogen-bond donors (Lipinski definition) is 4. The molecule has 1 aromatic heterocycles. The highest BCUT2D eigenvalue weighted by Crippen LogP contribution is 2.12. The summed E-state index contributed by atoms with van der Waals surface area (Å²) in [4.78, 5) is 32.7. The predicted molar refractivity (Wildman–Crippen MR) is 68.1 cm³/mol. The van der Waals surface area contributed by atoms with Gasteiger partial charge in [0.15, 0.2) is 0 Å². The van der Waals surface area contributed by atoms with Crippen molar-refractivity contribution in [2.45, 2.75) is 25.9 Å². The molecule has 1 unspecified atom stereocenters. The summed E-state index contributed by atoms with van der Waals surface area (Å²) in [5.74, 6) is -2.68. The monoisotopic (exact) mass is 286 g/mol. The van der Waals surface area contributed by atoms with Gasteiger partial charge >= 0.3 is 18.0 Å². The Labute approximate surface area is 113 Å². The van der Waals surface area contributed by atoms with E-state index in [4.69, 9.17) is 10.2 Å².